The molecule has 6 rings (SSSR count). The van der Waals surface area contributed by atoms with Crippen molar-refractivity contribution >= 4 is 28.8 Å². The molecular formula is C31H23NO4. The molecule has 0 aliphatic heterocycles. The van der Waals surface area contributed by atoms with E-state index in [9.17, 15) is 19.2 Å². The molecule has 5 nitrogen and oxygen atoms in total. The Balaban J connectivity index is 0.00000130. The fourth-order valence-electron chi connectivity index (χ4n) is 5.08. The summed E-state index contributed by atoms with van der Waals surface area (Å²) < 4.78 is 0. The van der Waals surface area contributed by atoms with Gasteiger partial charge >= 0.3 is 0 Å². The third-order valence-corrected chi connectivity index (χ3v) is 6.68. The lowest BCUT2D eigenvalue weighted by Crippen LogP contribution is -2.25. The zero-order valence-electron chi connectivity index (χ0n) is 20.1. The fourth-order valence-corrected chi connectivity index (χ4v) is 5.08. The smallest absolute Gasteiger partial charge is 0.196 e. The van der Waals surface area contributed by atoms with Gasteiger partial charge in [0.1, 0.15) is 0 Å². The van der Waals surface area contributed by atoms with Crippen LogP contribution in [0.4, 0.5) is 5.69 Å². The minimum atomic E-state index is -0.336. The second-order valence-corrected chi connectivity index (χ2v) is 8.54. The minimum absolute atomic E-state index is 0.130. The predicted molar refractivity (Wildman–Crippen MR) is 139 cm³/mol. The number of nitrogens with two attached hydrogens (primary N) is 1. The van der Waals surface area contributed by atoms with Gasteiger partial charge in [-0.1, -0.05) is 80.6 Å². The molecule has 0 heterocycles. The fraction of sp³-hybridized carbons (Fsp3) is 0.0968. The maximum atomic E-state index is 13.7. The molecule has 0 fully saturated rings. The maximum absolute atomic E-state index is 13.7. The Labute approximate surface area is 208 Å². The van der Waals surface area contributed by atoms with E-state index in [0.29, 0.717) is 44.5 Å². The molecule has 0 saturated carbocycles. The van der Waals surface area contributed by atoms with Crippen molar-refractivity contribution in [3.63, 3.8) is 0 Å². The quantitative estimate of drug-likeness (QED) is 0.304. The molecule has 2 aliphatic carbocycles. The summed E-state index contributed by atoms with van der Waals surface area (Å²) in [5.74, 6) is -1.19. The number of benzene rings is 4. The van der Waals surface area contributed by atoms with Crippen LogP contribution in [0.15, 0.2) is 72.8 Å². The largest absolute Gasteiger partial charge is 0.398 e. The summed E-state index contributed by atoms with van der Waals surface area (Å²) in [6, 6.07) is 20.1. The lowest BCUT2D eigenvalue weighted by molar-refractivity contribution is 0.0978. The number of nitrogen functional groups attached to an aromatic ring is 1. The van der Waals surface area contributed by atoms with E-state index < -0.39 is 0 Å². The number of carbonyl (C=O) groups is 4. The van der Waals surface area contributed by atoms with Crippen LogP contribution in [0.1, 0.15) is 83.1 Å². The number of carbonyl (C=O) groups excluding carboxylic acids is 4. The van der Waals surface area contributed by atoms with E-state index in [0.717, 1.165) is 0 Å². The molecule has 5 heteroatoms. The SMILES string of the molecule is CC.Cc1ccc(-c2ccc(N)c3c2C(=O)c2ccccc2C3=O)c2c1C(=O)c1ccccc1C2=O. The number of rotatable bonds is 1. The van der Waals surface area contributed by atoms with Crippen molar-refractivity contribution in [1.29, 1.82) is 0 Å². The lowest BCUT2D eigenvalue weighted by Gasteiger charge is -2.25. The highest BCUT2D eigenvalue weighted by Gasteiger charge is 2.37. The number of ketones is 4. The van der Waals surface area contributed by atoms with Gasteiger partial charge in [-0.05, 0) is 29.7 Å². The van der Waals surface area contributed by atoms with Crippen LogP contribution in [0.3, 0.4) is 0 Å². The van der Waals surface area contributed by atoms with E-state index in [-0.39, 0.29) is 45.5 Å². The molecule has 36 heavy (non-hydrogen) atoms. The van der Waals surface area contributed by atoms with E-state index in [4.69, 9.17) is 5.73 Å². The van der Waals surface area contributed by atoms with Gasteiger partial charge in [0.15, 0.2) is 23.1 Å². The van der Waals surface area contributed by atoms with Gasteiger partial charge in [-0.25, -0.2) is 0 Å². The van der Waals surface area contributed by atoms with Crippen molar-refractivity contribution < 1.29 is 19.2 Å². The van der Waals surface area contributed by atoms with Crippen LogP contribution >= 0.6 is 0 Å². The Morgan fingerprint density at radius 1 is 0.444 bits per heavy atom. The molecule has 0 spiro atoms. The van der Waals surface area contributed by atoms with Crippen molar-refractivity contribution in [2.75, 3.05) is 5.73 Å². The molecule has 0 unspecified atom stereocenters. The van der Waals surface area contributed by atoms with Crippen LogP contribution < -0.4 is 5.73 Å². The first-order valence-electron chi connectivity index (χ1n) is 11.8. The average molecular weight is 474 g/mol. The van der Waals surface area contributed by atoms with Gasteiger partial charge in [-0.3, -0.25) is 19.2 Å². The highest BCUT2D eigenvalue weighted by Crippen LogP contribution is 2.41. The molecule has 0 bridgehead atoms. The standard InChI is InChI=1S/C29H17NO4.C2H6/c1-14-10-11-15(23-22(14)26(31)17-6-2-3-7-18(17)27(23)32)16-12-13-21(30)25-24(16)28(33)19-8-4-5-9-20(19)29(25)34;1-2/h2-13H,30H2,1H3;1-2H3. The number of hydrogen-bond donors (Lipinski definition) is 1. The van der Waals surface area contributed by atoms with Gasteiger partial charge in [0.2, 0.25) is 0 Å². The first-order chi connectivity index (χ1) is 17.4. The van der Waals surface area contributed by atoms with E-state index in [1.807, 2.05) is 13.8 Å². The zero-order valence-corrected chi connectivity index (χ0v) is 20.1. The molecule has 176 valence electrons. The first kappa shape index (κ1) is 23.1. The van der Waals surface area contributed by atoms with Crippen LogP contribution in [0.2, 0.25) is 0 Å². The second kappa shape index (κ2) is 8.54. The summed E-state index contributed by atoms with van der Waals surface area (Å²) in [5.41, 5.74) is 10.0. The lowest BCUT2D eigenvalue weighted by atomic mass is 9.75. The third kappa shape index (κ3) is 3.09. The van der Waals surface area contributed by atoms with Gasteiger partial charge in [0, 0.05) is 44.6 Å². The van der Waals surface area contributed by atoms with Gasteiger partial charge in [-0.2, -0.15) is 0 Å². The zero-order chi connectivity index (χ0) is 25.7. The van der Waals surface area contributed by atoms with Crippen molar-refractivity contribution in [3.05, 3.63) is 123 Å². The number of aryl methyl sites for hydroxylation is 1. The molecule has 2 N–H and O–H groups in total. The Kier molecular flexibility index (Phi) is 5.48. The minimum Gasteiger partial charge on any atom is -0.398 e. The summed E-state index contributed by atoms with van der Waals surface area (Å²) in [6.45, 7) is 5.78. The molecule has 2 aliphatic rings. The highest BCUT2D eigenvalue weighted by molar-refractivity contribution is 6.34. The molecule has 4 aromatic rings. The second-order valence-electron chi connectivity index (χ2n) is 8.54. The van der Waals surface area contributed by atoms with Crippen LogP contribution in [-0.2, 0) is 0 Å². The van der Waals surface area contributed by atoms with Gasteiger partial charge < -0.3 is 5.73 Å². The van der Waals surface area contributed by atoms with E-state index in [2.05, 4.69) is 0 Å². The molecule has 0 aromatic heterocycles. The summed E-state index contributed by atoms with van der Waals surface area (Å²) in [4.78, 5) is 54.0. The Bertz CT molecular complexity index is 1520. The van der Waals surface area contributed by atoms with Crippen LogP contribution in [0.5, 0.6) is 0 Å². The third-order valence-electron chi connectivity index (χ3n) is 6.68. The van der Waals surface area contributed by atoms with Gasteiger partial charge in [0.05, 0.1) is 5.56 Å². The Morgan fingerprint density at radius 3 is 1.28 bits per heavy atom. The monoisotopic (exact) mass is 473 g/mol. The molecule has 0 saturated heterocycles. The summed E-state index contributed by atoms with van der Waals surface area (Å²) >= 11 is 0. The maximum Gasteiger partial charge on any atom is 0.196 e. The number of fused-ring (bicyclic) bond motifs is 4. The Hall–Kier alpha value is -4.64. The van der Waals surface area contributed by atoms with E-state index in [1.54, 1.807) is 79.7 Å². The van der Waals surface area contributed by atoms with Crippen LogP contribution in [-0.4, -0.2) is 23.1 Å². The number of anilines is 1. The molecule has 0 atom stereocenters. The highest BCUT2D eigenvalue weighted by atomic mass is 16.1. The first-order valence-corrected chi connectivity index (χ1v) is 11.8. The van der Waals surface area contributed by atoms with Gasteiger partial charge in [0.25, 0.3) is 0 Å². The Morgan fingerprint density at radius 2 is 0.806 bits per heavy atom. The van der Waals surface area contributed by atoms with E-state index >= 15 is 0 Å². The van der Waals surface area contributed by atoms with Crippen molar-refractivity contribution in [2.45, 2.75) is 20.8 Å². The molecule has 4 aromatic carbocycles. The van der Waals surface area contributed by atoms with Crippen molar-refractivity contribution in [2.24, 2.45) is 0 Å². The normalized spacial score (nSPS) is 13.2. The van der Waals surface area contributed by atoms with Crippen LogP contribution in [0.25, 0.3) is 11.1 Å². The molecule has 0 radical (unpaired) electrons. The molecular weight excluding hydrogens is 450 g/mol. The van der Waals surface area contributed by atoms with E-state index in [1.165, 1.54) is 0 Å². The van der Waals surface area contributed by atoms with Crippen LogP contribution in [0, 0.1) is 6.92 Å². The van der Waals surface area contributed by atoms with Crippen molar-refractivity contribution in [1.82, 2.24) is 0 Å². The summed E-state index contributed by atoms with van der Waals surface area (Å²) in [7, 11) is 0. The topological polar surface area (TPSA) is 94.3 Å². The average Bonchev–Trinajstić information content (AvgIpc) is 2.91. The summed E-state index contributed by atoms with van der Waals surface area (Å²) in [5, 5.41) is 0. The van der Waals surface area contributed by atoms with Gasteiger partial charge in [-0.15, -0.1) is 0 Å². The predicted octanol–water partition coefficient (Wildman–Crippen LogP) is 5.82. The molecule has 0 amide bonds. The number of hydrogen-bond acceptors (Lipinski definition) is 5. The summed E-state index contributed by atoms with van der Waals surface area (Å²) in [6.07, 6.45) is 0. The van der Waals surface area contributed by atoms with Crippen molar-refractivity contribution in [3.8, 4) is 11.1 Å².